The van der Waals surface area contributed by atoms with Gasteiger partial charge in [-0.2, -0.15) is 0 Å². The van der Waals surface area contributed by atoms with E-state index in [2.05, 4.69) is 6.92 Å². The van der Waals surface area contributed by atoms with Crippen molar-refractivity contribution in [1.29, 1.82) is 0 Å². The Bertz CT molecular complexity index is 537. The number of methoxy groups -OCH3 is 1. The highest BCUT2D eigenvalue weighted by atomic mass is 16.5. The third-order valence-corrected chi connectivity index (χ3v) is 3.19. The van der Waals surface area contributed by atoms with Gasteiger partial charge in [0.05, 0.1) is 19.8 Å². The molecule has 1 unspecified atom stereocenters. The number of para-hydroxylation sites is 1. The molecule has 0 amide bonds. The fourth-order valence-corrected chi connectivity index (χ4v) is 2.07. The lowest BCUT2D eigenvalue weighted by molar-refractivity contribution is 0.313. The highest BCUT2D eigenvalue weighted by molar-refractivity contribution is 5.42. The van der Waals surface area contributed by atoms with Crippen molar-refractivity contribution in [1.82, 2.24) is 0 Å². The van der Waals surface area contributed by atoms with Crippen LogP contribution in [0.15, 0.2) is 48.5 Å². The smallest absolute Gasteiger partial charge is 0.124 e. The van der Waals surface area contributed by atoms with E-state index in [-0.39, 0.29) is 6.04 Å². The number of rotatable bonds is 6. The Morgan fingerprint density at radius 3 is 2.40 bits per heavy atom. The predicted molar refractivity (Wildman–Crippen MR) is 81.3 cm³/mol. The summed E-state index contributed by atoms with van der Waals surface area (Å²) >= 11 is 0. The lowest BCUT2D eigenvalue weighted by Crippen LogP contribution is -2.13. The maximum Gasteiger partial charge on any atom is 0.124 e. The van der Waals surface area contributed by atoms with Gasteiger partial charge in [-0.1, -0.05) is 37.3 Å². The number of hydrogen-bond donors (Lipinski definition) is 1. The molecule has 2 aromatic carbocycles. The Morgan fingerprint density at radius 1 is 1.05 bits per heavy atom. The average molecular weight is 271 g/mol. The summed E-state index contributed by atoms with van der Waals surface area (Å²) in [4.78, 5) is 0. The first-order valence-electron chi connectivity index (χ1n) is 6.87. The van der Waals surface area contributed by atoms with Crippen LogP contribution in [0.4, 0.5) is 0 Å². The fraction of sp³-hybridized carbons (Fsp3) is 0.294. The SMILES string of the molecule is CCCOc1ccccc1C(N)c1ccc(OC)cc1. The van der Waals surface area contributed by atoms with Crippen LogP contribution in [0.25, 0.3) is 0 Å². The molecule has 0 radical (unpaired) electrons. The van der Waals surface area contributed by atoms with Gasteiger partial charge >= 0.3 is 0 Å². The van der Waals surface area contributed by atoms with Gasteiger partial charge in [-0.15, -0.1) is 0 Å². The van der Waals surface area contributed by atoms with E-state index in [9.17, 15) is 0 Å². The van der Waals surface area contributed by atoms with Gasteiger partial charge in [-0.05, 0) is 30.2 Å². The summed E-state index contributed by atoms with van der Waals surface area (Å²) in [6.45, 7) is 2.79. The average Bonchev–Trinajstić information content (AvgIpc) is 2.52. The summed E-state index contributed by atoms with van der Waals surface area (Å²) in [6, 6.07) is 15.5. The third-order valence-electron chi connectivity index (χ3n) is 3.19. The molecule has 0 heterocycles. The maximum absolute atomic E-state index is 6.36. The Hall–Kier alpha value is -2.00. The number of ether oxygens (including phenoxy) is 2. The molecule has 0 aliphatic carbocycles. The zero-order valence-electron chi connectivity index (χ0n) is 12.0. The Labute approximate surface area is 120 Å². The van der Waals surface area contributed by atoms with E-state index in [1.54, 1.807) is 7.11 Å². The van der Waals surface area contributed by atoms with Gasteiger partial charge in [0.1, 0.15) is 11.5 Å². The van der Waals surface area contributed by atoms with Gasteiger partial charge in [0.2, 0.25) is 0 Å². The van der Waals surface area contributed by atoms with Crippen molar-refractivity contribution in [3.05, 3.63) is 59.7 Å². The molecule has 0 aromatic heterocycles. The Morgan fingerprint density at radius 2 is 1.75 bits per heavy atom. The molecule has 0 aliphatic rings. The summed E-state index contributed by atoms with van der Waals surface area (Å²) in [6.07, 6.45) is 0.978. The van der Waals surface area contributed by atoms with E-state index in [0.29, 0.717) is 6.61 Å². The van der Waals surface area contributed by atoms with E-state index in [4.69, 9.17) is 15.2 Å². The van der Waals surface area contributed by atoms with Crippen LogP contribution in [0, 0.1) is 0 Å². The van der Waals surface area contributed by atoms with Crippen molar-refractivity contribution in [3.8, 4) is 11.5 Å². The molecule has 0 spiro atoms. The second-order valence-corrected chi connectivity index (χ2v) is 4.64. The van der Waals surface area contributed by atoms with Gasteiger partial charge in [0, 0.05) is 5.56 Å². The Kier molecular flexibility index (Phi) is 5.02. The lowest BCUT2D eigenvalue weighted by atomic mass is 9.99. The molecular weight excluding hydrogens is 250 g/mol. The first-order chi connectivity index (χ1) is 9.76. The number of nitrogens with two attached hydrogens (primary N) is 1. The highest BCUT2D eigenvalue weighted by Gasteiger charge is 2.13. The van der Waals surface area contributed by atoms with Gasteiger partial charge in [0.15, 0.2) is 0 Å². The second kappa shape index (κ2) is 6.96. The zero-order chi connectivity index (χ0) is 14.4. The molecule has 0 fully saturated rings. The minimum atomic E-state index is -0.200. The van der Waals surface area contributed by atoms with Crippen LogP contribution in [-0.4, -0.2) is 13.7 Å². The van der Waals surface area contributed by atoms with Crippen LogP contribution in [0.3, 0.4) is 0 Å². The predicted octanol–water partition coefficient (Wildman–Crippen LogP) is 3.53. The zero-order valence-corrected chi connectivity index (χ0v) is 12.0. The van der Waals surface area contributed by atoms with Crippen molar-refractivity contribution in [2.24, 2.45) is 5.73 Å². The number of hydrogen-bond acceptors (Lipinski definition) is 3. The summed E-state index contributed by atoms with van der Waals surface area (Å²) in [5.74, 6) is 1.69. The first-order valence-corrected chi connectivity index (χ1v) is 6.87. The molecule has 2 rings (SSSR count). The molecule has 3 nitrogen and oxygen atoms in total. The quantitative estimate of drug-likeness (QED) is 0.874. The second-order valence-electron chi connectivity index (χ2n) is 4.64. The van der Waals surface area contributed by atoms with Gasteiger partial charge in [-0.3, -0.25) is 0 Å². The summed E-state index contributed by atoms with van der Waals surface area (Å²) < 4.78 is 10.9. The molecule has 2 N–H and O–H groups in total. The molecule has 3 heteroatoms. The van der Waals surface area contributed by atoms with Crippen LogP contribution in [0.2, 0.25) is 0 Å². The fourth-order valence-electron chi connectivity index (χ4n) is 2.07. The molecule has 0 saturated heterocycles. The first kappa shape index (κ1) is 14.4. The van der Waals surface area contributed by atoms with Crippen LogP contribution in [0.1, 0.15) is 30.5 Å². The van der Waals surface area contributed by atoms with Crippen LogP contribution < -0.4 is 15.2 Å². The summed E-state index contributed by atoms with van der Waals surface area (Å²) in [5.41, 5.74) is 8.41. The molecule has 0 saturated carbocycles. The van der Waals surface area contributed by atoms with E-state index in [1.165, 1.54) is 0 Å². The monoisotopic (exact) mass is 271 g/mol. The maximum atomic E-state index is 6.36. The molecule has 0 bridgehead atoms. The Balaban J connectivity index is 2.24. The minimum absolute atomic E-state index is 0.200. The van der Waals surface area contributed by atoms with Crippen molar-refractivity contribution >= 4 is 0 Å². The van der Waals surface area contributed by atoms with Crippen LogP contribution >= 0.6 is 0 Å². The standard InChI is InChI=1S/C17H21NO2/c1-3-12-20-16-7-5-4-6-15(16)17(18)13-8-10-14(19-2)11-9-13/h4-11,17H,3,12,18H2,1-2H3. The van der Waals surface area contributed by atoms with E-state index in [1.807, 2.05) is 48.5 Å². The van der Waals surface area contributed by atoms with E-state index >= 15 is 0 Å². The molecule has 106 valence electrons. The van der Waals surface area contributed by atoms with Crippen LogP contribution in [0.5, 0.6) is 11.5 Å². The topological polar surface area (TPSA) is 44.5 Å². The van der Waals surface area contributed by atoms with E-state index in [0.717, 1.165) is 29.0 Å². The summed E-state index contributed by atoms with van der Waals surface area (Å²) in [7, 11) is 1.66. The van der Waals surface area contributed by atoms with Gasteiger partial charge in [-0.25, -0.2) is 0 Å². The van der Waals surface area contributed by atoms with Crippen LogP contribution in [-0.2, 0) is 0 Å². The van der Waals surface area contributed by atoms with Gasteiger partial charge in [0.25, 0.3) is 0 Å². The van der Waals surface area contributed by atoms with Crippen molar-refractivity contribution in [3.63, 3.8) is 0 Å². The molecule has 20 heavy (non-hydrogen) atoms. The molecule has 2 aromatic rings. The summed E-state index contributed by atoms with van der Waals surface area (Å²) in [5, 5.41) is 0. The third kappa shape index (κ3) is 3.31. The highest BCUT2D eigenvalue weighted by Crippen LogP contribution is 2.29. The number of benzene rings is 2. The minimum Gasteiger partial charge on any atom is -0.497 e. The van der Waals surface area contributed by atoms with E-state index < -0.39 is 0 Å². The normalized spacial score (nSPS) is 11.9. The molecule has 0 aliphatic heterocycles. The molecular formula is C17H21NO2. The van der Waals surface area contributed by atoms with Crippen molar-refractivity contribution in [2.75, 3.05) is 13.7 Å². The van der Waals surface area contributed by atoms with Crippen molar-refractivity contribution in [2.45, 2.75) is 19.4 Å². The lowest BCUT2D eigenvalue weighted by Gasteiger charge is -2.17. The largest absolute Gasteiger partial charge is 0.497 e. The molecule has 1 atom stereocenters. The van der Waals surface area contributed by atoms with Crippen molar-refractivity contribution < 1.29 is 9.47 Å². The van der Waals surface area contributed by atoms with Gasteiger partial charge < -0.3 is 15.2 Å².